The van der Waals surface area contributed by atoms with Crippen molar-refractivity contribution in [1.82, 2.24) is 15.1 Å². The Morgan fingerprint density at radius 3 is 2.68 bits per heavy atom. The predicted molar refractivity (Wildman–Crippen MR) is 106 cm³/mol. The van der Waals surface area contributed by atoms with Crippen molar-refractivity contribution in [2.75, 3.05) is 11.4 Å². The van der Waals surface area contributed by atoms with Gasteiger partial charge in [0.1, 0.15) is 5.82 Å². The van der Waals surface area contributed by atoms with Crippen molar-refractivity contribution >= 4 is 32.6 Å². The van der Waals surface area contributed by atoms with Crippen LogP contribution in [0.3, 0.4) is 0 Å². The van der Waals surface area contributed by atoms with Gasteiger partial charge >= 0.3 is 0 Å². The minimum Gasteiger partial charge on any atom is -0.339 e. The molecule has 1 amide bonds. The van der Waals surface area contributed by atoms with Crippen LogP contribution in [0, 0.1) is 5.82 Å². The number of para-hydroxylation sites is 1. The monoisotopic (exact) mass is 396 g/mol. The predicted octanol–water partition coefficient (Wildman–Crippen LogP) is 4.47. The number of hydrogen-bond donors (Lipinski definition) is 0. The fraction of sp³-hybridized carbons (Fsp3) is 0.200. The normalized spacial score (nSPS) is 11.1. The van der Waals surface area contributed by atoms with Gasteiger partial charge in [0.15, 0.2) is 5.13 Å². The van der Waals surface area contributed by atoms with Crippen molar-refractivity contribution in [3.05, 3.63) is 60.2 Å². The largest absolute Gasteiger partial charge is 0.339 e. The number of rotatable bonds is 6. The molecule has 0 bridgehead atoms. The number of carbonyl (C=O) groups excluding carboxylic acids is 1. The molecule has 2 aromatic heterocycles. The molecule has 28 heavy (non-hydrogen) atoms. The molecule has 0 fully saturated rings. The molecule has 2 heterocycles. The second-order valence-corrected chi connectivity index (χ2v) is 7.13. The zero-order valence-electron chi connectivity index (χ0n) is 15.1. The van der Waals surface area contributed by atoms with Gasteiger partial charge in [-0.05, 0) is 43.3 Å². The van der Waals surface area contributed by atoms with Gasteiger partial charge in [-0.1, -0.05) is 28.6 Å². The molecule has 0 spiro atoms. The Hall–Kier alpha value is -3.13. The van der Waals surface area contributed by atoms with Crippen LogP contribution in [-0.4, -0.2) is 27.6 Å². The molecule has 0 saturated heterocycles. The van der Waals surface area contributed by atoms with Gasteiger partial charge in [0.25, 0.3) is 0 Å². The maximum Gasteiger partial charge on any atom is 0.229 e. The third-order valence-electron chi connectivity index (χ3n) is 4.25. The van der Waals surface area contributed by atoms with Crippen LogP contribution in [0.1, 0.15) is 19.2 Å². The first-order valence-electron chi connectivity index (χ1n) is 8.88. The molecular weight excluding hydrogens is 379 g/mol. The number of nitrogens with zero attached hydrogens (tertiary/aromatic N) is 4. The van der Waals surface area contributed by atoms with Crippen molar-refractivity contribution in [1.29, 1.82) is 0 Å². The highest BCUT2D eigenvalue weighted by Crippen LogP contribution is 2.29. The zero-order chi connectivity index (χ0) is 19.5. The minimum absolute atomic E-state index is 0.0527. The Morgan fingerprint density at radius 1 is 1.14 bits per heavy atom. The number of halogens is 1. The highest BCUT2D eigenvalue weighted by Gasteiger charge is 2.19. The number of carbonyl (C=O) groups is 1. The maximum atomic E-state index is 13.0. The third kappa shape index (κ3) is 3.77. The molecule has 4 aromatic rings. The summed E-state index contributed by atoms with van der Waals surface area (Å²) in [5.41, 5.74) is 1.54. The Balaban J connectivity index is 1.43. The van der Waals surface area contributed by atoms with Gasteiger partial charge in [-0.2, -0.15) is 4.98 Å². The number of fused-ring (bicyclic) bond motifs is 1. The molecule has 0 aliphatic heterocycles. The van der Waals surface area contributed by atoms with Gasteiger partial charge < -0.3 is 4.52 Å². The summed E-state index contributed by atoms with van der Waals surface area (Å²) in [4.78, 5) is 23.2. The topological polar surface area (TPSA) is 72.1 Å². The van der Waals surface area contributed by atoms with Crippen LogP contribution in [0.5, 0.6) is 0 Å². The van der Waals surface area contributed by atoms with Crippen molar-refractivity contribution in [3.63, 3.8) is 0 Å². The molecule has 4 rings (SSSR count). The molecule has 2 aromatic carbocycles. The number of aryl methyl sites for hydroxylation is 1. The van der Waals surface area contributed by atoms with Crippen LogP contribution >= 0.6 is 11.3 Å². The lowest BCUT2D eigenvalue weighted by molar-refractivity contribution is -0.118. The van der Waals surface area contributed by atoms with Crippen molar-refractivity contribution in [2.45, 2.75) is 19.8 Å². The number of thiazole rings is 1. The van der Waals surface area contributed by atoms with Crippen molar-refractivity contribution in [3.8, 4) is 11.4 Å². The first-order chi connectivity index (χ1) is 13.6. The highest BCUT2D eigenvalue weighted by molar-refractivity contribution is 7.22. The lowest BCUT2D eigenvalue weighted by atomic mass is 10.2. The van der Waals surface area contributed by atoms with E-state index < -0.39 is 0 Å². The van der Waals surface area contributed by atoms with E-state index in [4.69, 9.17) is 4.52 Å². The van der Waals surface area contributed by atoms with E-state index in [0.29, 0.717) is 35.4 Å². The van der Waals surface area contributed by atoms with Gasteiger partial charge in [0, 0.05) is 24.9 Å². The smallest absolute Gasteiger partial charge is 0.229 e. The van der Waals surface area contributed by atoms with E-state index in [1.165, 1.54) is 23.5 Å². The fourth-order valence-electron chi connectivity index (χ4n) is 2.82. The summed E-state index contributed by atoms with van der Waals surface area (Å²) in [6, 6.07) is 13.7. The molecule has 0 aliphatic carbocycles. The van der Waals surface area contributed by atoms with Crippen LogP contribution in [0.2, 0.25) is 0 Å². The van der Waals surface area contributed by atoms with Gasteiger partial charge in [0.05, 0.1) is 10.2 Å². The third-order valence-corrected chi connectivity index (χ3v) is 5.31. The molecule has 8 heteroatoms. The number of benzene rings is 2. The Bertz CT molecular complexity index is 1070. The van der Waals surface area contributed by atoms with Gasteiger partial charge in [-0.15, -0.1) is 0 Å². The van der Waals surface area contributed by atoms with E-state index in [0.717, 1.165) is 10.2 Å². The Morgan fingerprint density at radius 2 is 1.93 bits per heavy atom. The van der Waals surface area contributed by atoms with E-state index in [2.05, 4.69) is 15.1 Å². The molecular formula is C20H17FN4O2S. The molecule has 0 atom stereocenters. The van der Waals surface area contributed by atoms with Gasteiger partial charge in [-0.25, -0.2) is 9.37 Å². The molecule has 0 N–H and O–H groups in total. The van der Waals surface area contributed by atoms with Crippen LogP contribution in [0.4, 0.5) is 9.52 Å². The number of hydrogen-bond acceptors (Lipinski definition) is 6. The van der Waals surface area contributed by atoms with Crippen LogP contribution in [-0.2, 0) is 11.2 Å². The second-order valence-electron chi connectivity index (χ2n) is 6.12. The van der Waals surface area contributed by atoms with E-state index in [9.17, 15) is 9.18 Å². The first kappa shape index (κ1) is 18.2. The highest BCUT2D eigenvalue weighted by atomic mass is 32.1. The van der Waals surface area contributed by atoms with Crippen molar-refractivity contribution in [2.24, 2.45) is 0 Å². The minimum atomic E-state index is -0.326. The first-order valence-corrected chi connectivity index (χ1v) is 9.70. The fourth-order valence-corrected chi connectivity index (χ4v) is 3.86. The lowest BCUT2D eigenvalue weighted by Gasteiger charge is -2.16. The van der Waals surface area contributed by atoms with E-state index >= 15 is 0 Å². The average Bonchev–Trinajstić information content (AvgIpc) is 3.34. The molecule has 0 radical (unpaired) electrons. The molecule has 0 unspecified atom stereocenters. The van der Waals surface area contributed by atoms with Gasteiger partial charge in [-0.3, -0.25) is 9.69 Å². The van der Waals surface area contributed by atoms with E-state index in [1.54, 1.807) is 17.0 Å². The number of aromatic nitrogens is 3. The summed E-state index contributed by atoms with van der Waals surface area (Å²) in [7, 11) is 0. The SMILES string of the molecule is CCN(C(=O)CCc1nc(-c2ccc(F)cc2)no1)c1nc2ccccc2s1. The molecule has 0 aliphatic rings. The Labute approximate surface area is 164 Å². The van der Waals surface area contributed by atoms with E-state index in [1.807, 2.05) is 31.2 Å². The van der Waals surface area contributed by atoms with Crippen molar-refractivity contribution < 1.29 is 13.7 Å². The maximum absolute atomic E-state index is 13.0. The average molecular weight is 396 g/mol. The molecule has 142 valence electrons. The van der Waals surface area contributed by atoms with E-state index in [-0.39, 0.29) is 18.1 Å². The lowest BCUT2D eigenvalue weighted by Crippen LogP contribution is -2.30. The Kier molecular flexibility index (Phi) is 5.12. The van der Waals surface area contributed by atoms with Gasteiger partial charge in [0.2, 0.25) is 17.6 Å². The standard InChI is InChI=1S/C20H17FN4O2S/c1-2-25(20-22-15-5-3-4-6-16(15)28-20)18(26)12-11-17-23-19(24-27-17)13-7-9-14(21)10-8-13/h3-10H,2,11-12H2,1H3. The second kappa shape index (κ2) is 7.85. The summed E-state index contributed by atoms with van der Waals surface area (Å²) in [5, 5.41) is 4.59. The van der Waals surface area contributed by atoms with Crippen LogP contribution in [0.15, 0.2) is 53.1 Å². The van der Waals surface area contributed by atoms with Crippen LogP contribution < -0.4 is 4.90 Å². The summed E-state index contributed by atoms with van der Waals surface area (Å²) in [6.45, 7) is 2.45. The molecule has 0 saturated carbocycles. The summed E-state index contributed by atoms with van der Waals surface area (Å²) >= 11 is 1.49. The summed E-state index contributed by atoms with van der Waals surface area (Å²) in [6.07, 6.45) is 0.559. The van der Waals surface area contributed by atoms with Crippen LogP contribution in [0.25, 0.3) is 21.6 Å². The number of amides is 1. The molecule has 6 nitrogen and oxygen atoms in total. The summed E-state index contributed by atoms with van der Waals surface area (Å²) < 4.78 is 19.3. The quantitative estimate of drug-likeness (QED) is 0.481. The summed E-state index contributed by atoms with van der Waals surface area (Å²) in [5.74, 6) is 0.365. The zero-order valence-corrected chi connectivity index (χ0v) is 15.9. The number of anilines is 1.